The first kappa shape index (κ1) is 32.4. The van der Waals surface area contributed by atoms with Crippen molar-refractivity contribution in [2.24, 2.45) is 0 Å². The van der Waals surface area contributed by atoms with Gasteiger partial charge in [0.1, 0.15) is 17.5 Å². The Morgan fingerprint density at radius 3 is 2.30 bits per heavy atom. The molecular formula is C33H42NO8P. The minimum absolute atomic E-state index is 0.0394. The van der Waals surface area contributed by atoms with E-state index in [0.29, 0.717) is 35.0 Å². The van der Waals surface area contributed by atoms with Crippen molar-refractivity contribution in [1.29, 1.82) is 0 Å². The molecule has 43 heavy (non-hydrogen) atoms. The normalized spacial score (nSPS) is 14.5. The van der Waals surface area contributed by atoms with Gasteiger partial charge in [0, 0.05) is 0 Å². The van der Waals surface area contributed by atoms with Gasteiger partial charge in [-0.1, -0.05) is 32.0 Å². The van der Waals surface area contributed by atoms with E-state index in [1.165, 1.54) is 0 Å². The number of rotatable bonds is 13. The summed E-state index contributed by atoms with van der Waals surface area (Å²) in [5.74, 6) is 1.77. The second-order valence-corrected chi connectivity index (χ2v) is 14.0. The Kier molecular flexibility index (Phi) is 10.4. The van der Waals surface area contributed by atoms with Crippen molar-refractivity contribution in [2.45, 2.75) is 79.1 Å². The molecule has 4 rings (SSSR count). The standard InChI is InChI=1S/C33H42NO8P/c1-20(2)28-14-25(8-10-30(28)35)15-29-22(5)12-27(13-23(29)6)40-19-43(37,42-34-24(7)33(36)41-21(3)4)17-26-9-11-31-32(16-26)39-18-38-31/h8-14,16,20-21,24,34-35H,15,17-19H2,1-7H3. The number of hydrogen-bond acceptors (Lipinski definition) is 9. The summed E-state index contributed by atoms with van der Waals surface area (Å²) in [5.41, 5.74) is 8.59. The fourth-order valence-corrected chi connectivity index (χ4v) is 6.51. The number of carbonyl (C=O) groups is 1. The first-order chi connectivity index (χ1) is 20.3. The maximum absolute atomic E-state index is 14.1. The lowest BCUT2D eigenvalue weighted by molar-refractivity contribution is -0.151. The van der Waals surface area contributed by atoms with Crippen LogP contribution in [0.2, 0.25) is 0 Å². The van der Waals surface area contributed by atoms with E-state index >= 15 is 0 Å². The van der Waals surface area contributed by atoms with Gasteiger partial charge in [-0.15, -0.1) is 0 Å². The van der Waals surface area contributed by atoms with Crippen LogP contribution in [0, 0.1) is 13.8 Å². The minimum Gasteiger partial charge on any atom is -0.508 e. The van der Waals surface area contributed by atoms with Crippen molar-refractivity contribution in [2.75, 3.05) is 13.1 Å². The van der Waals surface area contributed by atoms with Gasteiger partial charge in [-0.05, 0) is 111 Å². The van der Waals surface area contributed by atoms with Crippen molar-refractivity contribution < 1.29 is 38.0 Å². The maximum atomic E-state index is 14.1. The molecule has 2 atom stereocenters. The number of phenols is 1. The Labute approximate surface area is 253 Å². The van der Waals surface area contributed by atoms with E-state index < -0.39 is 19.4 Å². The van der Waals surface area contributed by atoms with Crippen LogP contribution in [-0.4, -0.2) is 36.4 Å². The van der Waals surface area contributed by atoms with Gasteiger partial charge in [-0.25, -0.2) is 4.62 Å². The second-order valence-electron chi connectivity index (χ2n) is 11.6. The van der Waals surface area contributed by atoms with Gasteiger partial charge in [0.25, 0.3) is 7.37 Å². The molecule has 0 spiro atoms. The van der Waals surface area contributed by atoms with Crippen molar-refractivity contribution in [3.05, 3.63) is 81.9 Å². The van der Waals surface area contributed by atoms with Crippen molar-refractivity contribution in [3.63, 3.8) is 0 Å². The summed E-state index contributed by atoms with van der Waals surface area (Å²) in [5, 5.41) is 10.2. The molecule has 1 aliphatic rings. The fourth-order valence-electron chi connectivity index (χ4n) is 4.85. The fraction of sp³-hybridized carbons (Fsp3) is 0.424. The molecule has 2 unspecified atom stereocenters. The van der Waals surface area contributed by atoms with Gasteiger partial charge in [-0.2, -0.15) is 5.48 Å². The minimum atomic E-state index is -3.54. The van der Waals surface area contributed by atoms with E-state index in [2.05, 4.69) is 25.4 Å². The Morgan fingerprint density at radius 1 is 0.953 bits per heavy atom. The van der Waals surface area contributed by atoms with Gasteiger partial charge in [0.15, 0.2) is 17.8 Å². The van der Waals surface area contributed by atoms with E-state index in [9.17, 15) is 14.5 Å². The predicted octanol–water partition coefficient (Wildman–Crippen LogP) is 7.13. The molecule has 0 saturated carbocycles. The highest BCUT2D eigenvalue weighted by Gasteiger charge is 2.29. The first-order valence-corrected chi connectivity index (χ1v) is 16.5. The number of ether oxygens (including phenoxy) is 4. The largest absolute Gasteiger partial charge is 0.508 e. The topological polar surface area (TPSA) is 113 Å². The zero-order chi connectivity index (χ0) is 31.3. The number of aryl methyl sites for hydroxylation is 2. The average molecular weight is 612 g/mol. The Morgan fingerprint density at radius 2 is 1.63 bits per heavy atom. The molecule has 1 aliphatic heterocycles. The number of benzene rings is 3. The van der Waals surface area contributed by atoms with Crippen LogP contribution in [0.15, 0.2) is 48.5 Å². The van der Waals surface area contributed by atoms with Gasteiger partial charge in [0.05, 0.1) is 12.3 Å². The molecule has 0 saturated heterocycles. The number of phenolic OH excluding ortho intramolecular Hbond substituents is 1. The van der Waals surface area contributed by atoms with Crippen LogP contribution in [0.1, 0.15) is 73.9 Å². The summed E-state index contributed by atoms with van der Waals surface area (Å²) in [6.07, 6.45) is 0.227. The van der Waals surface area contributed by atoms with Crippen molar-refractivity contribution in [3.8, 4) is 23.0 Å². The summed E-state index contributed by atoms with van der Waals surface area (Å²) in [6, 6.07) is 14.1. The molecule has 2 N–H and O–H groups in total. The zero-order valence-electron chi connectivity index (χ0n) is 25.9. The third-order valence-corrected chi connectivity index (χ3v) is 8.96. The summed E-state index contributed by atoms with van der Waals surface area (Å²) < 4.78 is 42.1. The molecule has 232 valence electrons. The number of hydrogen-bond donors (Lipinski definition) is 2. The van der Waals surface area contributed by atoms with Gasteiger partial charge >= 0.3 is 5.97 Å². The third-order valence-electron chi connectivity index (χ3n) is 7.15. The lowest BCUT2D eigenvalue weighted by atomic mass is 9.93. The third kappa shape index (κ3) is 8.53. The smallest absolute Gasteiger partial charge is 0.325 e. The Balaban J connectivity index is 1.51. The molecular weight excluding hydrogens is 569 g/mol. The van der Waals surface area contributed by atoms with Crippen LogP contribution in [0.5, 0.6) is 23.0 Å². The first-order valence-electron chi connectivity index (χ1n) is 14.5. The number of hydroxylamine groups is 1. The molecule has 0 aromatic heterocycles. The molecule has 9 nitrogen and oxygen atoms in total. The van der Waals surface area contributed by atoms with E-state index in [1.54, 1.807) is 45.0 Å². The molecule has 0 bridgehead atoms. The molecule has 0 fully saturated rings. The summed E-state index contributed by atoms with van der Waals surface area (Å²) in [7, 11) is -3.54. The van der Waals surface area contributed by atoms with Gasteiger partial charge in [0.2, 0.25) is 6.79 Å². The molecule has 0 radical (unpaired) electrons. The highest BCUT2D eigenvalue weighted by molar-refractivity contribution is 7.57. The van der Waals surface area contributed by atoms with Crippen molar-refractivity contribution >= 4 is 13.3 Å². The van der Waals surface area contributed by atoms with Gasteiger partial charge in [-0.3, -0.25) is 9.36 Å². The number of carbonyl (C=O) groups excluding carboxylic acids is 1. The lowest BCUT2D eigenvalue weighted by Gasteiger charge is -2.22. The number of nitrogens with one attached hydrogen (secondary N) is 1. The van der Waals surface area contributed by atoms with Crippen LogP contribution in [0.3, 0.4) is 0 Å². The average Bonchev–Trinajstić information content (AvgIpc) is 3.41. The zero-order valence-corrected chi connectivity index (χ0v) is 26.8. The Bertz CT molecular complexity index is 1480. The summed E-state index contributed by atoms with van der Waals surface area (Å²) in [6.45, 7) is 13.4. The monoisotopic (exact) mass is 611 g/mol. The lowest BCUT2D eigenvalue weighted by Crippen LogP contribution is -2.36. The summed E-state index contributed by atoms with van der Waals surface area (Å²) in [4.78, 5) is 12.3. The second kappa shape index (κ2) is 13.8. The number of aromatic hydroxyl groups is 1. The molecule has 0 aliphatic carbocycles. The van der Waals surface area contributed by atoms with Crippen LogP contribution in [0.25, 0.3) is 0 Å². The quantitative estimate of drug-likeness (QED) is 0.118. The van der Waals surface area contributed by atoms with Crippen LogP contribution in [0.4, 0.5) is 0 Å². The van der Waals surface area contributed by atoms with E-state index in [4.69, 9.17) is 23.6 Å². The Hall–Kier alpha value is -3.52. The summed E-state index contributed by atoms with van der Waals surface area (Å²) >= 11 is 0. The molecule has 10 heteroatoms. The van der Waals surface area contributed by atoms with E-state index in [1.807, 2.05) is 32.0 Å². The van der Waals surface area contributed by atoms with Crippen LogP contribution in [-0.2, 0) is 31.3 Å². The number of esters is 1. The van der Waals surface area contributed by atoms with Gasteiger partial charge < -0.3 is 24.1 Å². The highest BCUT2D eigenvalue weighted by Crippen LogP contribution is 2.50. The SMILES string of the molecule is Cc1cc(OCP(=O)(Cc2ccc3c(c2)OCO3)ONC(C)C(=O)OC(C)C)cc(C)c1Cc1ccc(O)c(C(C)C)c1. The molecule has 3 aromatic carbocycles. The van der Waals surface area contributed by atoms with Crippen molar-refractivity contribution in [1.82, 2.24) is 5.48 Å². The van der Waals surface area contributed by atoms with Crippen LogP contribution < -0.4 is 19.7 Å². The predicted molar refractivity (Wildman–Crippen MR) is 165 cm³/mol. The molecule has 0 amide bonds. The maximum Gasteiger partial charge on any atom is 0.325 e. The van der Waals surface area contributed by atoms with Crippen LogP contribution >= 0.6 is 7.37 Å². The molecule has 3 aromatic rings. The van der Waals surface area contributed by atoms with E-state index in [-0.39, 0.29) is 31.3 Å². The van der Waals surface area contributed by atoms with E-state index in [0.717, 1.165) is 27.8 Å². The highest BCUT2D eigenvalue weighted by atomic mass is 31.2. The number of fused-ring (bicyclic) bond motifs is 1. The molecule has 1 heterocycles.